The van der Waals surface area contributed by atoms with Gasteiger partial charge in [0, 0.05) is 18.8 Å². The maximum Gasteiger partial charge on any atom is 0.220 e. The molecule has 0 bridgehead atoms. The molecule has 0 atom stereocenters. The van der Waals surface area contributed by atoms with E-state index >= 15 is 0 Å². The van der Waals surface area contributed by atoms with E-state index in [0.29, 0.717) is 11.8 Å². The molecule has 0 unspecified atom stereocenters. The maximum absolute atomic E-state index is 11.9. The monoisotopic (exact) mass is 273 g/mol. The van der Waals surface area contributed by atoms with Crippen LogP contribution in [0.25, 0.3) is 0 Å². The van der Waals surface area contributed by atoms with Gasteiger partial charge in [0.05, 0.1) is 0 Å². The van der Waals surface area contributed by atoms with Crippen LogP contribution in [0, 0.1) is 11.3 Å². The first kappa shape index (κ1) is 15.8. The molecule has 1 amide bonds. The van der Waals surface area contributed by atoms with Crippen molar-refractivity contribution in [3.63, 3.8) is 0 Å². The number of carbonyl (C=O) groups is 1. The molecule has 1 aliphatic rings. The first-order chi connectivity index (χ1) is 8.53. The van der Waals surface area contributed by atoms with Crippen molar-refractivity contribution >= 4 is 17.5 Å². The van der Waals surface area contributed by atoms with Crippen molar-refractivity contribution in [3.8, 4) is 0 Å². The Morgan fingerprint density at radius 2 is 1.83 bits per heavy atom. The Kier molecular flexibility index (Phi) is 7.06. The van der Waals surface area contributed by atoms with E-state index in [1.807, 2.05) is 0 Å². The highest BCUT2D eigenvalue weighted by Crippen LogP contribution is 2.25. The summed E-state index contributed by atoms with van der Waals surface area (Å²) >= 11 is 5.76. The Balaban J connectivity index is 2.24. The normalized spacial score (nSPS) is 18.4. The number of rotatable bonds is 6. The minimum Gasteiger partial charge on any atom is -0.356 e. The van der Waals surface area contributed by atoms with Crippen molar-refractivity contribution < 1.29 is 4.79 Å². The molecule has 0 aromatic heterocycles. The van der Waals surface area contributed by atoms with Gasteiger partial charge in [0.1, 0.15) is 0 Å². The average molecular weight is 274 g/mol. The quantitative estimate of drug-likeness (QED) is 0.572. The number of carbonyl (C=O) groups excluding carboxylic acids is 1. The molecule has 18 heavy (non-hydrogen) atoms. The molecule has 1 aliphatic carbocycles. The Morgan fingerprint density at radius 3 is 2.39 bits per heavy atom. The minimum atomic E-state index is 0.112. The van der Waals surface area contributed by atoms with Crippen LogP contribution in [0.5, 0.6) is 0 Å². The van der Waals surface area contributed by atoms with E-state index < -0.39 is 0 Å². The van der Waals surface area contributed by atoms with Gasteiger partial charge in [0.15, 0.2) is 0 Å². The lowest BCUT2D eigenvalue weighted by molar-refractivity contribution is -0.122. The molecule has 2 nitrogen and oxygen atoms in total. The van der Waals surface area contributed by atoms with Gasteiger partial charge in [-0.15, -0.1) is 11.6 Å². The second-order valence-corrected chi connectivity index (χ2v) is 6.82. The summed E-state index contributed by atoms with van der Waals surface area (Å²) in [5.74, 6) is 1.50. The van der Waals surface area contributed by atoms with E-state index in [4.69, 9.17) is 11.6 Å². The fraction of sp³-hybridized carbons (Fsp3) is 0.933. The van der Waals surface area contributed by atoms with Crippen LogP contribution in [0.2, 0.25) is 0 Å². The lowest BCUT2D eigenvalue weighted by atomic mass is 9.90. The predicted molar refractivity (Wildman–Crippen MR) is 77.9 cm³/mol. The third-order valence-corrected chi connectivity index (χ3v) is 4.17. The molecule has 0 aliphatic heterocycles. The van der Waals surface area contributed by atoms with E-state index in [9.17, 15) is 4.79 Å². The summed E-state index contributed by atoms with van der Waals surface area (Å²) in [6, 6.07) is 0. The number of hydrogen-bond donors (Lipinski definition) is 1. The van der Waals surface area contributed by atoms with Crippen molar-refractivity contribution in [2.24, 2.45) is 11.3 Å². The molecule has 0 heterocycles. The van der Waals surface area contributed by atoms with Gasteiger partial charge in [-0.2, -0.15) is 0 Å². The molecular formula is C15H28ClNO. The van der Waals surface area contributed by atoms with Crippen molar-refractivity contribution in [3.05, 3.63) is 0 Å². The molecule has 1 saturated carbocycles. The van der Waals surface area contributed by atoms with Crippen LogP contribution in [0.4, 0.5) is 0 Å². The van der Waals surface area contributed by atoms with Crippen LogP contribution >= 0.6 is 11.6 Å². The summed E-state index contributed by atoms with van der Waals surface area (Å²) in [4.78, 5) is 11.9. The number of amides is 1. The molecule has 3 heteroatoms. The average Bonchev–Trinajstić information content (AvgIpc) is 2.55. The summed E-state index contributed by atoms with van der Waals surface area (Å²) < 4.78 is 0. The molecule has 0 aromatic rings. The van der Waals surface area contributed by atoms with Crippen LogP contribution in [-0.4, -0.2) is 18.3 Å². The summed E-state index contributed by atoms with van der Waals surface area (Å²) in [6.07, 6.45) is 9.43. The highest BCUT2D eigenvalue weighted by atomic mass is 35.5. The zero-order valence-corrected chi connectivity index (χ0v) is 12.7. The Morgan fingerprint density at radius 1 is 1.22 bits per heavy atom. The van der Waals surface area contributed by atoms with E-state index in [0.717, 1.165) is 19.4 Å². The molecule has 0 aromatic carbocycles. The molecule has 1 fully saturated rings. The van der Waals surface area contributed by atoms with E-state index in [-0.39, 0.29) is 11.3 Å². The van der Waals surface area contributed by atoms with Crippen LogP contribution in [0.1, 0.15) is 65.2 Å². The third-order valence-electron chi connectivity index (χ3n) is 3.98. The Hall–Kier alpha value is -0.240. The molecule has 1 rings (SSSR count). The van der Waals surface area contributed by atoms with Gasteiger partial charge in [-0.1, -0.05) is 39.5 Å². The van der Waals surface area contributed by atoms with Gasteiger partial charge >= 0.3 is 0 Å². The third kappa shape index (κ3) is 6.63. The first-order valence-electron chi connectivity index (χ1n) is 7.36. The number of hydrogen-bond acceptors (Lipinski definition) is 1. The number of nitrogens with one attached hydrogen (secondary N) is 1. The Labute approximate surface area is 117 Å². The summed E-state index contributed by atoms with van der Waals surface area (Å²) in [7, 11) is 0. The highest BCUT2D eigenvalue weighted by molar-refractivity contribution is 6.17. The van der Waals surface area contributed by atoms with E-state index in [1.165, 1.54) is 38.5 Å². The van der Waals surface area contributed by atoms with Gasteiger partial charge in [-0.25, -0.2) is 0 Å². The molecule has 0 radical (unpaired) electrons. The van der Waals surface area contributed by atoms with Crippen molar-refractivity contribution in [1.29, 1.82) is 0 Å². The SMILES string of the molecule is CC(C)(CCCl)CNC(=O)CC1CCCCCC1. The first-order valence-corrected chi connectivity index (χ1v) is 7.89. The standard InChI is InChI=1S/C15H28ClNO/c1-15(2,9-10-16)12-17-14(18)11-13-7-5-3-4-6-8-13/h13H,3-12H2,1-2H3,(H,17,18). The van der Waals surface area contributed by atoms with Crippen LogP contribution in [0.15, 0.2) is 0 Å². The van der Waals surface area contributed by atoms with Crippen molar-refractivity contribution in [2.45, 2.75) is 65.2 Å². The van der Waals surface area contributed by atoms with Gasteiger partial charge in [-0.05, 0) is 30.6 Å². The van der Waals surface area contributed by atoms with Gasteiger partial charge in [-0.3, -0.25) is 4.79 Å². The molecular weight excluding hydrogens is 246 g/mol. The van der Waals surface area contributed by atoms with Crippen LogP contribution < -0.4 is 5.32 Å². The summed E-state index contributed by atoms with van der Waals surface area (Å²) in [6.45, 7) is 5.05. The summed E-state index contributed by atoms with van der Waals surface area (Å²) in [5.41, 5.74) is 0.112. The fourth-order valence-corrected chi connectivity index (χ4v) is 3.10. The van der Waals surface area contributed by atoms with Crippen molar-refractivity contribution in [2.75, 3.05) is 12.4 Å². The van der Waals surface area contributed by atoms with E-state index in [2.05, 4.69) is 19.2 Å². The fourth-order valence-electron chi connectivity index (χ4n) is 2.58. The van der Waals surface area contributed by atoms with Crippen LogP contribution in [-0.2, 0) is 4.79 Å². The maximum atomic E-state index is 11.9. The molecule has 0 saturated heterocycles. The van der Waals surface area contributed by atoms with Gasteiger partial charge in [0.25, 0.3) is 0 Å². The lowest BCUT2D eigenvalue weighted by Gasteiger charge is -2.24. The second kappa shape index (κ2) is 8.04. The minimum absolute atomic E-state index is 0.112. The topological polar surface area (TPSA) is 29.1 Å². The van der Waals surface area contributed by atoms with Crippen molar-refractivity contribution in [1.82, 2.24) is 5.32 Å². The molecule has 0 spiro atoms. The zero-order valence-electron chi connectivity index (χ0n) is 11.9. The second-order valence-electron chi connectivity index (χ2n) is 6.44. The molecule has 106 valence electrons. The number of alkyl halides is 1. The molecule has 1 N–H and O–H groups in total. The van der Waals surface area contributed by atoms with E-state index in [1.54, 1.807) is 0 Å². The lowest BCUT2D eigenvalue weighted by Crippen LogP contribution is -2.35. The van der Waals surface area contributed by atoms with Crippen LogP contribution in [0.3, 0.4) is 0 Å². The van der Waals surface area contributed by atoms with Gasteiger partial charge < -0.3 is 5.32 Å². The van der Waals surface area contributed by atoms with Gasteiger partial charge in [0.2, 0.25) is 5.91 Å². The number of halogens is 1. The smallest absolute Gasteiger partial charge is 0.220 e. The largest absolute Gasteiger partial charge is 0.356 e. The zero-order chi connectivity index (χ0) is 13.4. The predicted octanol–water partition coefficient (Wildman–Crippen LogP) is 4.12. The Bertz CT molecular complexity index is 245. The highest BCUT2D eigenvalue weighted by Gasteiger charge is 2.20. The summed E-state index contributed by atoms with van der Waals surface area (Å²) in [5, 5.41) is 3.08.